The third-order valence-electron chi connectivity index (χ3n) is 3.34. The van der Waals surface area contributed by atoms with Crippen LogP contribution in [0.5, 0.6) is 0 Å². The Labute approximate surface area is 123 Å². The van der Waals surface area contributed by atoms with E-state index in [-0.39, 0.29) is 16.9 Å². The lowest BCUT2D eigenvalue weighted by molar-refractivity contribution is -0.126. The van der Waals surface area contributed by atoms with Crippen molar-refractivity contribution in [1.82, 2.24) is 4.72 Å². The summed E-state index contributed by atoms with van der Waals surface area (Å²) >= 11 is 0. The number of rotatable bonds is 5. The van der Waals surface area contributed by atoms with Gasteiger partial charge in [-0.3, -0.25) is 4.79 Å². The maximum absolute atomic E-state index is 12.1. The minimum absolute atomic E-state index is 0.0863. The summed E-state index contributed by atoms with van der Waals surface area (Å²) in [6, 6.07) is 6.05. The molecule has 2 rings (SSSR count). The molecule has 1 saturated heterocycles. The molecule has 0 saturated carbocycles. The molecule has 0 aliphatic carbocycles. The first-order chi connectivity index (χ1) is 9.96. The number of carbonyl (C=O) groups is 1. The molecule has 0 bridgehead atoms. The van der Waals surface area contributed by atoms with Crippen LogP contribution in [0.3, 0.4) is 0 Å². The van der Waals surface area contributed by atoms with Gasteiger partial charge >= 0.3 is 0 Å². The van der Waals surface area contributed by atoms with Crippen molar-refractivity contribution in [3.05, 3.63) is 24.3 Å². The van der Waals surface area contributed by atoms with Crippen LogP contribution in [0.25, 0.3) is 0 Å². The van der Waals surface area contributed by atoms with Gasteiger partial charge in [-0.25, -0.2) is 13.1 Å². The summed E-state index contributed by atoms with van der Waals surface area (Å²) < 4.78 is 31.2. The molecule has 0 radical (unpaired) electrons. The van der Waals surface area contributed by atoms with Crippen LogP contribution in [0.2, 0.25) is 0 Å². The van der Waals surface area contributed by atoms with Crippen LogP contribution in [0, 0.1) is 0 Å². The number of hydrogen-bond acceptors (Lipinski definition) is 5. The summed E-state index contributed by atoms with van der Waals surface area (Å²) in [5.41, 5.74) is 5.91. The van der Waals surface area contributed by atoms with Gasteiger partial charge in [-0.2, -0.15) is 0 Å². The first-order valence-corrected chi connectivity index (χ1v) is 8.14. The number of nitrogens with one attached hydrogen (secondary N) is 2. The Morgan fingerprint density at radius 2 is 2.19 bits per heavy atom. The molecular formula is C13H19N3O4S. The fraction of sp³-hybridized carbons (Fsp3) is 0.462. The van der Waals surface area contributed by atoms with Gasteiger partial charge in [0, 0.05) is 12.2 Å². The Hall–Kier alpha value is -1.48. The van der Waals surface area contributed by atoms with Crippen LogP contribution in [-0.2, 0) is 19.6 Å². The molecule has 0 aromatic heterocycles. The summed E-state index contributed by atoms with van der Waals surface area (Å²) in [4.78, 5) is 12.2. The van der Waals surface area contributed by atoms with Crippen LogP contribution in [0.4, 0.5) is 5.69 Å². The number of sulfonamides is 1. The zero-order valence-corrected chi connectivity index (χ0v) is 12.5. The van der Waals surface area contributed by atoms with Crippen molar-refractivity contribution in [3.8, 4) is 0 Å². The standard InChI is InChI=1S/C13H19N3O4S/c1-15-21(18,19)11-4-2-3-9(7-11)16-13(17)12-6-5-10(8-14)20-12/h2-4,7,10,12,15H,5-6,8,14H2,1H3,(H,16,17)/t10-,12+/m1/s1. The lowest BCUT2D eigenvalue weighted by Crippen LogP contribution is -2.29. The van der Waals surface area contributed by atoms with Gasteiger partial charge in [-0.15, -0.1) is 0 Å². The van der Waals surface area contributed by atoms with E-state index in [9.17, 15) is 13.2 Å². The van der Waals surface area contributed by atoms with E-state index in [1.807, 2.05) is 0 Å². The SMILES string of the molecule is CNS(=O)(=O)c1cccc(NC(=O)[C@@H]2CC[C@H](CN)O2)c1. The highest BCUT2D eigenvalue weighted by Gasteiger charge is 2.29. The maximum Gasteiger partial charge on any atom is 0.253 e. The third-order valence-corrected chi connectivity index (χ3v) is 4.76. The smallest absolute Gasteiger partial charge is 0.253 e. The second-order valence-corrected chi connectivity index (χ2v) is 6.67. The van der Waals surface area contributed by atoms with Gasteiger partial charge in [-0.05, 0) is 38.1 Å². The Morgan fingerprint density at radius 3 is 2.81 bits per heavy atom. The second kappa shape index (κ2) is 6.52. The fourth-order valence-electron chi connectivity index (χ4n) is 2.15. The Morgan fingerprint density at radius 1 is 1.43 bits per heavy atom. The number of ether oxygens (including phenoxy) is 1. The van der Waals surface area contributed by atoms with Crippen LogP contribution in [0.15, 0.2) is 29.2 Å². The van der Waals surface area contributed by atoms with Crippen molar-refractivity contribution < 1.29 is 17.9 Å². The Kier molecular flexibility index (Phi) is 4.94. The highest BCUT2D eigenvalue weighted by atomic mass is 32.2. The summed E-state index contributed by atoms with van der Waals surface area (Å²) in [5.74, 6) is -0.287. The van der Waals surface area contributed by atoms with E-state index < -0.39 is 16.1 Å². The Balaban J connectivity index is 2.07. The first-order valence-electron chi connectivity index (χ1n) is 6.66. The summed E-state index contributed by atoms with van der Waals surface area (Å²) in [7, 11) is -2.20. The van der Waals surface area contributed by atoms with Gasteiger partial charge in [0.2, 0.25) is 10.0 Å². The van der Waals surface area contributed by atoms with Crippen molar-refractivity contribution in [1.29, 1.82) is 0 Å². The van der Waals surface area contributed by atoms with Crippen molar-refractivity contribution >= 4 is 21.6 Å². The molecule has 0 unspecified atom stereocenters. The molecule has 1 amide bonds. The average molecular weight is 313 g/mol. The predicted octanol–water partition coefficient (Wildman–Crippen LogP) is 0.0395. The minimum Gasteiger partial charge on any atom is -0.364 e. The number of benzene rings is 1. The first kappa shape index (κ1) is 15.9. The highest BCUT2D eigenvalue weighted by Crippen LogP contribution is 2.21. The summed E-state index contributed by atoms with van der Waals surface area (Å²) in [5, 5.41) is 2.67. The normalized spacial score (nSPS) is 22.2. The van der Waals surface area contributed by atoms with Crippen molar-refractivity contribution in [2.24, 2.45) is 5.73 Å². The molecule has 4 N–H and O–H groups in total. The molecule has 21 heavy (non-hydrogen) atoms. The van der Waals surface area contributed by atoms with Crippen LogP contribution in [0.1, 0.15) is 12.8 Å². The molecule has 1 fully saturated rings. The van der Waals surface area contributed by atoms with Crippen LogP contribution >= 0.6 is 0 Å². The topological polar surface area (TPSA) is 111 Å². The van der Waals surface area contributed by atoms with Gasteiger partial charge in [-0.1, -0.05) is 6.07 Å². The van der Waals surface area contributed by atoms with Gasteiger partial charge in [0.25, 0.3) is 5.91 Å². The van der Waals surface area contributed by atoms with E-state index in [0.717, 1.165) is 6.42 Å². The lowest BCUT2D eigenvalue weighted by Gasteiger charge is -2.13. The van der Waals surface area contributed by atoms with E-state index in [4.69, 9.17) is 10.5 Å². The molecule has 1 aromatic rings. The number of anilines is 1. The minimum atomic E-state index is -3.54. The largest absolute Gasteiger partial charge is 0.364 e. The zero-order chi connectivity index (χ0) is 15.5. The molecule has 2 atom stereocenters. The molecule has 0 spiro atoms. The molecule has 7 nitrogen and oxygen atoms in total. The van der Waals surface area contributed by atoms with E-state index in [1.54, 1.807) is 12.1 Å². The second-order valence-electron chi connectivity index (χ2n) is 4.78. The average Bonchev–Trinajstić information content (AvgIpc) is 2.96. The molecule has 1 aliphatic rings. The molecule has 8 heteroatoms. The van der Waals surface area contributed by atoms with Gasteiger partial charge in [0.1, 0.15) is 6.10 Å². The van der Waals surface area contributed by atoms with Gasteiger partial charge in [0.15, 0.2) is 0 Å². The van der Waals surface area contributed by atoms with E-state index in [2.05, 4.69) is 10.0 Å². The number of nitrogens with two attached hydrogens (primary N) is 1. The van der Waals surface area contributed by atoms with Crippen molar-refractivity contribution in [2.45, 2.75) is 29.9 Å². The summed E-state index contributed by atoms with van der Waals surface area (Å²) in [6.45, 7) is 0.389. The van der Waals surface area contributed by atoms with Crippen molar-refractivity contribution in [3.63, 3.8) is 0 Å². The molecule has 1 aromatic carbocycles. The number of amides is 1. The fourth-order valence-corrected chi connectivity index (χ4v) is 2.93. The summed E-state index contributed by atoms with van der Waals surface area (Å²) in [6.07, 6.45) is 0.741. The van der Waals surface area contributed by atoms with Crippen molar-refractivity contribution in [2.75, 3.05) is 18.9 Å². The van der Waals surface area contributed by atoms with Gasteiger partial charge in [0.05, 0.1) is 11.0 Å². The van der Waals surface area contributed by atoms with E-state index in [0.29, 0.717) is 18.7 Å². The molecular weight excluding hydrogens is 294 g/mol. The maximum atomic E-state index is 12.1. The molecule has 1 aliphatic heterocycles. The molecule has 116 valence electrons. The zero-order valence-electron chi connectivity index (χ0n) is 11.7. The predicted molar refractivity (Wildman–Crippen MR) is 78.3 cm³/mol. The monoisotopic (exact) mass is 313 g/mol. The van der Waals surface area contributed by atoms with E-state index in [1.165, 1.54) is 19.2 Å². The van der Waals surface area contributed by atoms with E-state index >= 15 is 0 Å². The third kappa shape index (κ3) is 3.79. The van der Waals surface area contributed by atoms with Gasteiger partial charge < -0.3 is 15.8 Å². The lowest BCUT2D eigenvalue weighted by atomic mass is 10.2. The van der Waals surface area contributed by atoms with Crippen LogP contribution < -0.4 is 15.8 Å². The number of hydrogen-bond donors (Lipinski definition) is 3. The van der Waals surface area contributed by atoms with Crippen LogP contribution in [-0.4, -0.2) is 40.1 Å². The number of carbonyl (C=O) groups excluding carboxylic acids is 1. The highest BCUT2D eigenvalue weighted by molar-refractivity contribution is 7.89. The molecule has 1 heterocycles. The Bertz CT molecular complexity index is 618. The quantitative estimate of drug-likeness (QED) is 0.711.